The number of carbonyl (C=O) groups is 1. The van der Waals surface area contributed by atoms with Gasteiger partial charge in [-0.3, -0.25) is 14.8 Å². The number of aromatic amines is 1. The molecule has 106 valence electrons. The molecule has 3 N–H and O–H groups in total. The monoisotopic (exact) mass is 285 g/mol. The summed E-state index contributed by atoms with van der Waals surface area (Å²) < 4.78 is 1.71. The lowest BCUT2D eigenvalue weighted by Gasteiger charge is -2.05. The molecule has 3 rings (SSSR count). The minimum absolute atomic E-state index is 0.266. The topological polar surface area (TPSA) is 113 Å². The van der Waals surface area contributed by atoms with Gasteiger partial charge in [0.1, 0.15) is 0 Å². The Balaban J connectivity index is 1.97. The third-order valence-electron chi connectivity index (χ3n) is 3.05. The van der Waals surface area contributed by atoms with Gasteiger partial charge >= 0.3 is 0 Å². The summed E-state index contributed by atoms with van der Waals surface area (Å²) in [6.07, 6.45) is 2.84. The molecule has 0 fully saturated rings. The van der Waals surface area contributed by atoms with Crippen LogP contribution >= 0.6 is 0 Å². The van der Waals surface area contributed by atoms with Crippen molar-refractivity contribution in [2.24, 2.45) is 0 Å². The Morgan fingerprint density at radius 3 is 3.05 bits per heavy atom. The smallest absolute Gasteiger partial charge is 0.278 e. The molecule has 0 bridgehead atoms. The number of benzene rings is 1. The highest BCUT2D eigenvalue weighted by molar-refractivity contribution is 5.93. The first-order valence-electron chi connectivity index (χ1n) is 6.11. The second kappa shape index (κ2) is 5.17. The second-order valence-corrected chi connectivity index (χ2v) is 4.42. The van der Waals surface area contributed by atoms with E-state index in [4.69, 9.17) is 5.21 Å². The SMILES string of the molecule is O=C(NO)c1cccc(Cn2cnc3c(=O)[nH]cnc32)c1. The number of H-pyrrole nitrogens is 1. The van der Waals surface area contributed by atoms with Crippen LogP contribution in [0.15, 0.2) is 41.7 Å². The van der Waals surface area contributed by atoms with Gasteiger partial charge in [0.2, 0.25) is 0 Å². The van der Waals surface area contributed by atoms with Crippen molar-refractivity contribution in [2.75, 3.05) is 0 Å². The van der Waals surface area contributed by atoms with Gasteiger partial charge in [0.25, 0.3) is 11.5 Å². The molecule has 21 heavy (non-hydrogen) atoms. The van der Waals surface area contributed by atoms with E-state index in [-0.39, 0.29) is 11.1 Å². The van der Waals surface area contributed by atoms with Crippen molar-refractivity contribution >= 4 is 17.1 Å². The minimum Gasteiger partial charge on any atom is -0.311 e. The summed E-state index contributed by atoms with van der Waals surface area (Å²) in [6.45, 7) is 0.402. The first kappa shape index (κ1) is 13.0. The van der Waals surface area contributed by atoms with Crippen LogP contribution in [0.4, 0.5) is 0 Å². The first-order chi connectivity index (χ1) is 10.2. The summed E-state index contributed by atoms with van der Waals surface area (Å²) in [5.74, 6) is -0.582. The lowest BCUT2D eigenvalue weighted by Crippen LogP contribution is -2.18. The standard InChI is InChI=1S/C13H11N5O3/c19-12(17-21)9-3-1-2-8(4-9)5-18-7-16-10-11(18)14-6-15-13(10)20/h1-4,6-7,21H,5H2,(H,17,19)(H,14,15,20). The van der Waals surface area contributed by atoms with E-state index in [0.29, 0.717) is 17.8 Å². The zero-order chi connectivity index (χ0) is 14.8. The van der Waals surface area contributed by atoms with Gasteiger partial charge in [0, 0.05) is 5.56 Å². The van der Waals surface area contributed by atoms with Crippen LogP contribution in [0.3, 0.4) is 0 Å². The molecule has 0 unspecified atom stereocenters. The Morgan fingerprint density at radius 2 is 2.24 bits per heavy atom. The summed E-state index contributed by atoms with van der Waals surface area (Å²) in [5.41, 5.74) is 3.18. The van der Waals surface area contributed by atoms with Crippen LogP contribution in [0.1, 0.15) is 15.9 Å². The number of imidazole rings is 1. The largest absolute Gasteiger partial charge is 0.311 e. The molecule has 8 nitrogen and oxygen atoms in total. The third kappa shape index (κ3) is 2.39. The predicted molar refractivity (Wildman–Crippen MR) is 72.9 cm³/mol. The number of nitrogens with zero attached hydrogens (tertiary/aromatic N) is 3. The van der Waals surface area contributed by atoms with Crippen molar-refractivity contribution in [3.8, 4) is 0 Å². The number of aromatic nitrogens is 4. The number of hydroxylamine groups is 1. The Kier molecular flexibility index (Phi) is 3.20. The van der Waals surface area contributed by atoms with Gasteiger partial charge in [-0.2, -0.15) is 0 Å². The number of nitrogens with one attached hydrogen (secondary N) is 2. The Morgan fingerprint density at radius 1 is 1.38 bits per heavy atom. The summed E-state index contributed by atoms with van der Waals surface area (Å²) in [6, 6.07) is 6.76. The maximum atomic E-state index is 11.6. The van der Waals surface area contributed by atoms with Crippen molar-refractivity contribution in [1.82, 2.24) is 25.0 Å². The van der Waals surface area contributed by atoms with Crippen molar-refractivity contribution in [2.45, 2.75) is 6.54 Å². The Labute approximate surface area is 118 Å². The van der Waals surface area contributed by atoms with E-state index in [0.717, 1.165) is 5.56 Å². The lowest BCUT2D eigenvalue weighted by atomic mass is 10.1. The third-order valence-corrected chi connectivity index (χ3v) is 3.05. The maximum Gasteiger partial charge on any atom is 0.278 e. The summed E-state index contributed by atoms with van der Waals surface area (Å²) in [4.78, 5) is 33.5. The summed E-state index contributed by atoms with van der Waals surface area (Å²) in [7, 11) is 0. The molecule has 2 heterocycles. The molecule has 1 aromatic carbocycles. The molecule has 0 saturated carbocycles. The summed E-state index contributed by atoms with van der Waals surface area (Å²) >= 11 is 0. The predicted octanol–water partition coefficient (Wildman–Crippen LogP) is 0.287. The zero-order valence-corrected chi connectivity index (χ0v) is 10.8. The lowest BCUT2D eigenvalue weighted by molar-refractivity contribution is 0.0706. The maximum absolute atomic E-state index is 11.6. The number of amides is 1. The minimum atomic E-state index is -0.582. The number of hydrogen-bond acceptors (Lipinski definition) is 5. The van der Waals surface area contributed by atoms with E-state index < -0.39 is 5.91 Å². The van der Waals surface area contributed by atoms with Gasteiger partial charge in [-0.1, -0.05) is 12.1 Å². The first-order valence-corrected chi connectivity index (χ1v) is 6.11. The van der Waals surface area contributed by atoms with E-state index >= 15 is 0 Å². The van der Waals surface area contributed by atoms with E-state index in [1.54, 1.807) is 28.2 Å². The van der Waals surface area contributed by atoms with Crippen LogP contribution in [0.25, 0.3) is 11.2 Å². The average molecular weight is 285 g/mol. The van der Waals surface area contributed by atoms with Crippen molar-refractivity contribution < 1.29 is 10.0 Å². The highest BCUT2D eigenvalue weighted by Crippen LogP contribution is 2.11. The van der Waals surface area contributed by atoms with Crippen molar-refractivity contribution in [3.63, 3.8) is 0 Å². The average Bonchev–Trinajstić information content (AvgIpc) is 2.91. The number of rotatable bonds is 3. The van der Waals surface area contributed by atoms with E-state index in [1.807, 2.05) is 6.07 Å². The fraction of sp³-hybridized carbons (Fsp3) is 0.0769. The molecule has 0 aliphatic carbocycles. The molecular weight excluding hydrogens is 274 g/mol. The molecule has 1 amide bonds. The van der Waals surface area contributed by atoms with E-state index in [9.17, 15) is 9.59 Å². The van der Waals surface area contributed by atoms with E-state index in [1.165, 1.54) is 12.7 Å². The van der Waals surface area contributed by atoms with Gasteiger partial charge in [-0.25, -0.2) is 15.4 Å². The molecule has 0 aliphatic rings. The second-order valence-electron chi connectivity index (χ2n) is 4.42. The molecule has 0 saturated heterocycles. The molecule has 0 aliphatic heterocycles. The van der Waals surface area contributed by atoms with Gasteiger partial charge in [-0.15, -0.1) is 0 Å². The normalized spacial score (nSPS) is 10.7. The Hall–Kier alpha value is -3.00. The van der Waals surface area contributed by atoms with Crippen LogP contribution < -0.4 is 11.0 Å². The molecular formula is C13H11N5O3. The van der Waals surface area contributed by atoms with Gasteiger partial charge in [0.05, 0.1) is 19.2 Å². The van der Waals surface area contributed by atoms with Gasteiger partial charge in [-0.05, 0) is 17.7 Å². The van der Waals surface area contributed by atoms with Crippen molar-refractivity contribution in [3.05, 3.63) is 58.4 Å². The van der Waals surface area contributed by atoms with Crippen LogP contribution in [0, 0.1) is 0 Å². The molecule has 0 radical (unpaired) electrons. The number of carbonyl (C=O) groups excluding carboxylic acids is 1. The fourth-order valence-corrected chi connectivity index (χ4v) is 2.08. The molecule has 8 heteroatoms. The molecule has 0 atom stereocenters. The fourth-order valence-electron chi connectivity index (χ4n) is 2.08. The van der Waals surface area contributed by atoms with Crippen LogP contribution in [0.2, 0.25) is 0 Å². The molecule has 3 aromatic rings. The van der Waals surface area contributed by atoms with Crippen LogP contribution in [-0.4, -0.2) is 30.6 Å². The van der Waals surface area contributed by atoms with E-state index in [2.05, 4.69) is 15.0 Å². The molecule has 2 aromatic heterocycles. The number of fused-ring (bicyclic) bond motifs is 1. The van der Waals surface area contributed by atoms with Crippen LogP contribution in [0.5, 0.6) is 0 Å². The quantitative estimate of drug-likeness (QED) is 0.473. The van der Waals surface area contributed by atoms with Crippen molar-refractivity contribution in [1.29, 1.82) is 0 Å². The zero-order valence-electron chi connectivity index (χ0n) is 10.8. The van der Waals surface area contributed by atoms with Crippen LogP contribution in [-0.2, 0) is 6.54 Å². The molecule has 0 spiro atoms. The van der Waals surface area contributed by atoms with Gasteiger partial charge < -0.3 is 9.55 Å². The summed E-state index contributed by atoms with van der Waals surface area (Å²) in [5, 5.41) is 8.64. The van der Waals surface area contributed by atoms with Gasteiger partial charge in [0.15, 0.2) is 11.2 Å². The Bertz CT molecular complexity index is 867. The highest BCUT2D eigenvalue weighted by atomic mass is 16.5. The highest BCUT2D eigenvalue weighted by Gasteiger charge is 2.09. The number of hydrogen-bond donors (Lipinski definition) is 3.